The molecule has 2 N–H and O–H groups in total. The lowest BCUT2D eigenvalue weighted by atomic mass is 10.1. The number of nitrogens with one attached hydrogen (secondary N) is 2. The minimum absolute atomic E-state index is 0.0199. The van der Waals surface area contributed by atoms with Crippen LogP contribution in [0.2, 0.25) is 0 Å². The first kappa shape index (κ1) is 17.5. The summed E-state index contributed by atoms with van der Waals surface area (Å²) >= 11 is 0. The number of carbonyl (C=O) groups excluding carboxylic acids is 2. The van der Waals surface area contributed by atoms with Gasteiger partial charge in [-0.15, -0.1) is 0 Å². The van der Waals surface area contributed by atoms with Crippen molar-refractivity contribution < 1.29 is 9.59 Å². The molecule has 0 bridgehead atoms. The molecule has 0 aliphatic heterocycles. The molecule has 24 heavy (non-hydrogen) atoms. The van der Waals surface area contributed by atoms with Gasteiger partial charge < -0.3 is 15.5 Å². The van der Waals surface area contributed by atoms with Crippen LogP contribution in [0.1, 0.15) is 12.5 Å². The summed E-state index contributed by atoms with van der Waals surface area (Å²) in [6, 6.07) is 17.4. The summed E-state index contributed by atoms with van der Waals surface area (Å²) in [6.07, 6.45) is 0.818. The van der Waals surface area contributed by atoms with Crippen molar-refractivity contribution in [3.8, 4) is 0 Å². The van der Waals surface area contributed by atoms with Crippen LogP contribution in [-0.2, 0) is 16.0 Å². The van der Waals surface area contributed by atoms with E-state index in [1.165, 1.54) is 12.5 Å². The van der Waals surface area contributed by atoms with Crippen molar-refractivity contribution in [1.29, 1.82) is 0 Å². The fourth-order valence-corrected chi connectivity index (χ4v) is 2.22. The smallest absolute Gasteiger partial charge is 0.239 e. The molecule has 2 rings (SSSR count). The summed E-state index contributed by atoms with van der Waals surface area (Å²) in [5.74, 6) is -0.0654. The van der Waals surface area contributed by atoms with Crippen molar-refractivity contribution in [2.45, 2.75) is 13.3 Å². The van der Waals surface area contributed by atoms with E-state index in [4.69, 9.17) is 0 Å². The van der Waals surface area contributed by atoms with Gasteiger partial charge in [0.1, 0.15) is 0 Å². The Morgan fingerprint density at radius 3 is 2.29 bits per heavy atom. The Morgan fingerprint density at radius 1 is 1.00 bits per heavy atom. The molecule has 0 saturated heterocycles. The summed E-state index contributed by atoms with van der Waals surface area (Å²) in [5.41, 5.74) is 2.87. The van der Waals surface area contributed by atoms with Crippen molar-refractivity contribution in [3.63, 3.8) is 0 Å². The third-order valence-electron chi connectivity index (χ3n) is 3.76. The second-order valence-corrected chi connectivity index (χ2v) is 5.56. The topological polar surface area (TPSA) is 61.4 Å². The number of benzene rings is 2. The molecule has 126 valence electrons. The molecule has 5 heteroatoms. The minimum Gasteiger partial charge on any atom is -0.376 e. The molecule has 2 aromatic carbocycles. The SMILES string of the molecule is CC(=O)N(C)c1ccc(NCC(=O)NCCc2ccccc2)cc1. The number of nitrogens with zero attached hydrogens (tertiary/aromatic N) is 1. The molecular weight excluding hydrogens is 302 g/mol. The molecule has 0 saturated carbocycles. The van der Waals surface area contributed by atoms with Gasteiger partial charge in [-0.3, -0.25) is 9.59 Å². The van der Waals surface area contributed by atoms with Crippen LogP contribution < -0.4 is 15.5 Å². The van der Waals surface area contributed by atoms with E-state index in [-0.39, 0.29) is 18.4 Å². The highest BCUT2D eigenvalue weighted by molar-refractivity contribution is 5.91. The number of rotatable bonds is 7. The molecule has 5 nitrogen and oxygen atoms in total. The predicted molar refractivity (Wildman–Crippen MR) is 97.2 cm³/mol. The number of anilines is 2. The lowest BCUT2D eigenvalue weighted by molar-refractivity contribution is -0.119. The summed E-state index contributed by atoms with van der Waals surface area (Å²) in [4.78, 5) is 24.7. The van der Waals surface area contributed by atoms with Crippen molar-refractivity contribution >= 4 is 23.2 Å². The van der Waals surface area contributed by atoms with Gasteiger partial charge in [0.2, 0.25) is 11.8 Å². The van der Waals surface area contributed by atoms with E-state index in [9.17, 15) is 9.59 Å². The zero-order valence-corrected chi connectivity index (χ0v) is 14.1. The van der Waals surface area contributed by atoms with Crippen LogP contribution in [0.3, 0.4) is 0 Å². The molecule has 0 aliphatic rings. The van der Waals surface area contributed by atoms with Crippen LogP contribution in [-0.4, -0.2) is 32.0 Å². The second kappa shape index (κ2) is 8.72. The molecule has 2 amide bonds. The van der Waals surface area contributed by atoms with Gasteiger partial charge in [-0.1, -0.05) is 30.3 Å². The van der Waals surface area contributed by atoms with Crippen molar-refractivity contribution in [3.05, 3.63) is 60.2 Å². The van der Waals surface area contributed by atoms with Crippen LogP contribution in [0.25, 0.3) is 0 Å². The summed E-state index contributed by atoms with van der Waals surface area (Å²) in [7, 11) is 1.73. The largest absolute Gasteiger partial charge is 0.376 e. The standard InChI is InChI=1S/C19H23N3O2/c1-15(23)22(2)18-10-8-17(9-11-18)21-14-19(24)20-13-12-16-6-4-3-5-7-16/h3-11,21H,12-14H2,1-2H3,(H,20,24). The van der Waals surface area contributed by atoms with Crippen molar-refractivity contribution in [2.75, 3.05) is 30.4 Å². The maximum absolute atomic E-state index is 11.8. The zero-order chi connectivity index (χ0) is 17.4. The van der Waals surface area contributed by atoms with Crippen LogP contribution in [0.4, 0.5) is 11.4 Å². The van der Waals surface area contributed by atoms with Gasteiger partial charge in [0.15, 0.2) is 0 Å². The molecule has 0 aliphatic carbocycles. The maximum atomic E-state index is 11.8. The molecule has 0 aromatic heterocycles. The van der Waals surface area contributed by atoms with Crippen LogP contribution >= 0.6 is 0 Å². The Morgan fingerprint density at radius 2 is 1.67 bits per heavy atom. The fourth-order valence-electron chi connectivity index (χ4n) is 2.22. The second-order valence-electron chi connectivity index (χ2n) is 5.56. The first-order chi connectivity index (χ1) is 11.6. The van der Waals surface area contributed by atoms with Gasteiger partial charge >= 0.3 is 0 Å². The van der Waals surface area contributed by atoms with E-state index in [0.29, 0.717) is 6.54 Å². The maximum Gasteiger partial charge on any atom is 0.239 e. The quantitative estimate of drug-likeness (QED) is 0.822. The molecular formula is C19H23N3O2. The van der Waals surface area contributed by atoms with Crippen LogP contribution in [0.15, 0.2) is 54.6 Å². The Balaban J connectivity index is 1.72. The number of amides is 2. The average Bonchev–Trinajstić information content (AvgIpc) is 2.60. The number of hydrogen-bond acceptors (Lipinski definition) is 3. The van der Waals surface area contributed by atoms with Gasteiger partial charge in [-0.05, 0) is 36.2 Å². The lowest BCUT2D eigenvalue weighted by Gasteiger charge is -2.15. The van der Waals surface area contributed by atoms with Gasteiger partial charge in [-0.25, -0.2) is 0 Å². The molecule has 0 heterocycles. The molecule has 0 spiro atoms. The van der Waals surface area contributed by atoms with E-state index in [0.717, 1.165) is 17.8 Å². The number of carbonyl (C=O) groups is 2. The highest BCUT2D eigenvalue weighted by atomic mass is 16.2. The third-order valence-corrected chi connectivity index (χ3v) is 3.76. The number of hydrogen-bond donors (Lipinski definition) is 2. The molecule has 2 aromatic rings. The Bertz CT molecular complexity index is 669. The third kappa shape index (κ3) is 5.43. The normalized spacial score (nSPS) is 10.1. The van der Waals surface area contributed by atoms with E-state index in [2.05, 4.69) is 10.6 Å². The van der Waals surface area contributed by atoms with Crippen molar-refractivity contribution in [2.24, 2.45) is 0 Å². The average molecular weight is 325 g/mol. The monoisotopic (exact) mass is 325 g/mol. The summed E-state index contributed by atoms with van der Waals surface area (Å²) < 4.78 is 0. The fraction of sp³-hybridized carbons (Fsp3) is 0.263. The Labute approximate surface area is 142 Å². The van der Waals surface area contributed by atoms with Crippen molar-refractivity contribution in [1.82, 2.24) is 5.32 Å². The van der Waals surface area contributed by atoms with E-state index in [1.807, 2.05) is 54.6 Å². The molecule has 0 fully saturated rings. The highest BCUT2D eigenvalue weighted by Gasteiger charge is 2.05. The van der Waals surface area contributed by atoms with Crippen LogP contribution in [0.5, 0.6) is 0 Å². The predicted octanol–water partition coefficient (Wildman–Crippen LogP) is 2.44. The summed E-state index contributed by atoms with van der Waals surface area (Å²) in [5, 5.41) is 5.96. The first-order valence-electron chi connectivity index (χ1n) is 7.95. The van der Waals surface area contributed by atoms with Gasteiger partial charge in [0.25, 0.3) is 0 Å². The lowest BCUT2D eigenvalue weighted by Crippen LogP contribution is -2.31. The van der Waals surface area contributed by atoms with Gasteiger partial charge in [0.05, 0.1) is 6.54 Å². The first-order valence-corrected chi connectivity index (χ1v) is 7.95. The zero-order valence-electron chi connectivity index (χ0n) is 14.1. The van der Waals surface area contributed by atoms with E-state index < -0.39 is 0 Å². The van der Waals surface area contributed by atoms with Gasteiger partial charge in [-0.2, -0.15) is 0 Å². The molecule has 0 radical (unpaired) electrons. The minimum atomic E-state index is -0.0455. The summed E-state index contributed by atoms with van der Waals surface area (Å²) in [6.45, 7) is 2.36. The van der Waals surface area contributed by atoms with E-state index in [1.54, 1.807) is 11.9 Å². The van der Waals surface area contributed by atoms with E-state index >= 15 is 0 Å². The molecule has 0 atom stereocenters. The highest BCUT2D eigenvalue weighted by Crippen LogP contribution is 2.16. The van der Waals surface area contributed by atoms with Gasteiger partial charge in [0, 0.05) is 31.9 Å². The Kier molecular flexibility index (Phi) is 6.37. The van der Waals surface area contributed by atoms with Crippen LogP contribution in [0, 0.1) is 0 Å². The molecule has 0 unspecified atom stereocenters. The Hall–Kier alpha value is -2.82.